The number of aromatic nitrogens is 1. The molecule has 2 rings (SSSR count). The van der Waals surface area contributed by atoms with Gasteiger partial charge in [0.15, 0.2) is 0 Å². The summed E-state index contributed by atoms with van der Waals surface area (Å²) in [6, 6.07) is 1.07. The second-order valence-corrected chi connectivity index (χ2v) is 6.19. The number of hydrogen-bond donors (Lipinski definition) is 1. The summed E-state index contributed by atoms with van der Waals surface area (Å²) in [5, 5.41) is 2.60. The number of halogens is 3. The van der Waals surface area contributed by atoms with Crippen molar-refractivity contribution in [1.29, 1.82) is 0 Å². The van der Waals surface area contributed by atoms with Crippen LogP contribution >= 0.6 is 0 Å². The topological polar surface area (TPSA) is 54.5 Å². The number of ether oxygens (including phenoxy) is 1. The quantitative estimate of drug-likeness (QED) is 0.901. The molecule has 2 heterocycles. The number of amides is 2. The predicted molar refractivity (Wildman–Crippen MR) is 79.5 cm³/mol. The normalized spacial score (nSPS) is 20.5. The molecule has 23 heavy (non-hydrogen) atoms. The number of nitrogens with one attached hydrogen (secondary N) is 1. The third kappa shape index (κ3) is 3.35. The van der Waals surface area contributed by atoms with Gasteiger partial charge >= 0.3 is 12.2 Å². The molecule has 1 unspecified atom stereocenters. The fourth-order valence-corrected chi connectivity index (χ4v) is 3.01. The first-order valence-corrected chi connectivity index (χ1v) is 7.23. The highest BCUT2D eigenvalue weighted by molar-refractivity contribution is 5.91. The molecule has 0 aromatic carbocycles. The van der Waals surface area contributed by atoms with E-state index in [1.807, 2.05) is 0 Å². The summed E-state index contributed by atoms with van der Waals surface area (Å²) in [7, 11) is 1.41. The van der Waals surface area contributed by atoms with Gasteiger partial charge in [0.25, 0.3) is 0 Å². The van der Waals surface area contributed by atoms with Crippen LogP contribution in [0.15, 0.2) is 12.3 Å². The van der Waals surface area contributed by atoms with Gasteiger partial charge in [-0.15, -0.1) is 0 Å². The smallest absolute Gasteiger partial charge is 0.394 e. The van der Waals surface area contributed by atoms with Crippen molar-refractivity contribution in [3.63, 3.8) is 0 Å². The first kappa shape index (κ1) is 17.4. The third-order valence-corrected chi connectivity index (χ3v) is 4.25. The molecule has 1 aromatic heterocycles. The molecule has 0 radical (unpaired) electrons. The van der Waals surface area contributed by atoms with E-state index in [1.165, 1.54) is 25.9 Å². The van der Waals surface area contributed by atoms with Crippen molar-refractivity contribution in [3.8, 4) is 5.88 Å². The van der Waals surface area contributed by atoms with E-state index in [2.05, 4.69) is 10.3 Å². The van der Waals surface area contributed by atoms with Crippen LogP contribution in [0.5, 0.6) is 5.88 Å². The van der Waals surface area contributed by atoms with Crippen LogP contribution in [0.1, 0.15) is 25.8 Å². The van der Waals surface area contributed by atoms with Crippen LogP contribution in [0, 0.1) is 12.8 Å². The van der Waals surface area contributed by atoms with Gasteiger partial charge in [-0.1, -0.05) is 0 Å². The lowest BCUT2D eigenvalue weighted by molar-refractivity contribution is -0.189. The monoisotopic (exact) mass is 331 g/mol. The molecule has 1 aliphatic rings. The highest BCUT2D eigenvalue weighted by Gasteiger charge is 2.56. The highest BCUT2D eigenvalue weighted by Crippen LogP contribution is 2.44. The molecule has 1 fully saturated rings. The van der Waals surface area contributed by atoms with Crippen molar-refractivity contribution in [2.24, 2.45) is 5.92 Å². The first-order valence-electron chi connectivity index (χ1n) is 7.23. The Bertz CT molecular complexity index is 602. The van der Waals surface area contributed by atoms with E-state index in [0.717, 1.165) is 5.56 Å². The average molecular weight is 331 g/mol. The van der Waals surface area contributed by atoms with E-state index in [1.54, 1.807) is 19.2 Å². The number of likely N-dealkylation sites (tertiary alicyclic amines) is 1. The van der Waals surface area contributed by atoms with Crippen LogP contribution in [-0.4, -0.2) is 41.3 Å². The molecule has 1 saturated heterocycles. The van der Waals surface area contributed by atoms with E-state index in [-0.39, 0.29) is 18.8 Å². The van der Waals surface area contributed by atoms with Gasteiger partial charge in [-0.05, 0) is 38.8 Å². The molecule has 8 heteroatoms. The molecule has 1 atom stereocenters. The van der Waals surface area contributed by atoms with Crippen LogP contribution in [0.4, 0.5) is 23.7 Å². The summed E-state index contributed by atoms with van der Waals surface area (Å²) < 4.78 is 44.4. The Hall–Kier alpha value is -1.99. The van der Waals surface area contributed by atoms with Crippen molar-refractivity contribution < 1.29 is 22.7 Å². The van der Waals surface area contributed by atoms with Crippen LogP contribution < -0.4 is 10.1 Å². The zero-order valence-corrected chi connectivity index (χ0v) is 13.5. The number of methoxy groups -OCH3 is 1. The molecule has 0 bridgehead atoms. The van der Waals surface area contributed by atoms with E-state index < -0.39 is 23.7 Å². The van der Waals surface area contributed by atoms with E-state index in [0.29, 0.717) is 5.69 Å². The fraction of sp³-hybridized carbons (Fsp3) is 0.600. The Morgan fingerprint density at radius 3 is 2.65 bits per heavy atom. The van der Waals surface area contributed by atoms with Crippen LogP contribution in [0.3, 0.4) is 0 Å². The molecule has 128 valence electrons. The molecule has 0 aliphatic carbocycles. The Labute approximate surface area is 132 Å². The molecular weight excluding hydrogens is 311 g/mol. The lowest BCUT2D eigenvalue weighted by atomic mass is 9.88. The number of alkyl halides is 3. The van der Waals surface area contributed by atoms with Crippen molar-refractivity contribution in [3.05, 3.63) is 17.8 Å². The molecule has 0 spiro atoms. The Morgan fingerprint density at radius 2 is 2.13 bits per heavy atom. The molecule has 1 N–H and O–H groups in total. The van der Waals surface area contributed by atoms with Crippen molar-refractivity contribution >= 4 is 11.7 Å². The number of carbonyl (C=O) groups excluding carboxylic acids is 1. The Kier molecular flexibility index (Phi) is 4.45. The summed E-state index contributed by atoms with van der Waals surface area (Å²) in [4.78, 5) is 17.7. The minimum absolute atomic E-state index is 0.0462. The maximum absolute atomic E-state index is 13.1. The van der Waals surface area contributed by atoms with Gasteiger partial charge < -0.3 is 15.0 Å². The predicted octanol–water partition coefficient (Wildman–Crippen LogP) is 3.59. The van der Waals surface area contributed by atoms with Gasteiger partial charge in [0.2, 0.25) is 5.88 Å². The van der Waals surface area contributed by atoms with Gasteiger partial charge in [0, 0.05) is 12.7 Å². The zero-order chi connectivity index (χ0) is 17.4. The van der Waals surface area contributed by atoms with Crippen molar-refractivity contribution in [2.45, 2.75) is 38.9 Å². The standard InChI is InChI=1S/C15H20F3N3O2/c1-9-7-10(12(23-4)19-8-9)20-13(22)21-6-5-11(14(21,2)3)15(16,17)18/h7-8,11H,5-6H2,1-4H3,(H,20,22). The van der Waals surface area contributed by atoms with Crippen LogP contribution in [0.2, 0.25) is 0 Å². The van der Waals surface area contributed by atoms with E-state index in [9.17, 15) is 18.0 Å². The SMILES string of the molecule is COc1ncc(C)cc1NC(=O)N1CCC(C(F)(F)F)C1(C)C. The summed E-state index contributed by atoms with van der Waals surface area (Å²) in [5.41, 5.74) is -0.175. The fourth-order valence-electron chi connectivity index (χ4n) is 3.01. The van der Waals surface area contributed by atoms with Gasteiger partial charge in [-0.3, -0.25) is 0 Å². The summed E-state index contributed by atoms with van der Waals surface area (Å²) in [5.74, 6) is -1.33. The zero-order valence-electron chi connectivity index (χ0n) is 13.5. The molecule has 0 saturated carbocycles. The summed E-state index contributed by atoms with van der Waals surface area (Å²) in [6.45, 7) is 4.71. The number of hydrogen-bond acceptors (Lipinski definition) is 3. The average Bonchev–Trinajstić information content (AvgIpc) is 2.74. The number of rotatable bonds is 2. The minimum Gasteiger partial charge on any atom is -0.480 e. The van der Waals surface area contributed by atoms with Crippen LogP contribution in [0.25, 0.3) is 0 Å². The van der Waals surface area contributed by atoms with Gasteiger partial charge in [0.1, 0.15) is 5.69 Å². The lowest BCUT2D eigenvalue weighted by Crippen LogP contribution is -2.51. The van der Waals surface area contributed by atoms with Gasteiger partial charge in [-0.25, -0.2) is 9.78 Å². The van der Waals surface area contributed by atoms with Gasteiger partial charge in [-0.2, -0.15) is 13.2 Å². The molecule has 1 aromatic rings. The summed E-state index contributed by atoms with van der Waals surface area (Å²) >= 11 is 0. The van der Waals surface area contributed by atoms with E-state index in [4.69, 9.17) is 4.74 Å². The number of carbonyl (C=O) groups is 1. The number of pyridine rings is 1. The highest BCUT2D eigenvalue weighted by atomic mass is 19.4. The maximum atomic E-state index is 13.1. The van der Waals surface area contributed by atoms with Crippen LogP contribution in [-0.2, 0) is 0 Å². The number of aryl methyl sites for hydroxylation is 1. The second-order valence-electron chi connectivity index (χ2n) is 6.19. The summed E-state index contributed by atoms with van der Waals surface area (Å²) in [6.07, 6.45) is -2.86. The first-order chi connectivity index (χ1) is 10.6. The molecule has 5 nitrogen and oxygen atoms in total. The Balaban J connectivity index is 2.21. The molecule has 1 aliphatic heterocycles. The maximum Gasteiger partial charge on any atom is 0.394 e. The van der Waals surface area contributed by atoms with Crippen molar-refractivity contribution in [1.82, 2.24) is 9.88 Å². The lowest BCUT2D eigenvalue weighted by Gasteiger charge is -2.36. The molecular formula is C15H20F3N3O2. The van der Waals surface area contributed by atoms with E-state index >= 15 is 0 Å². The minimum atomic E-state index is -4.33. The largest absolute Gasteiger partial charge is 0.480 e. The Morgan fingerprint density at radius 1 is 1.48 bits per heavy atom. The van der Waals surface area contributed by atoms with Crippen molar-refractivity contribution in [2.75, 3.05) is 19.0 Å². The number of urea groups is 1. The molecule has 2 amide bonds. The second kappa shape index (κ2) is 5.90. The van der Waals surface area contributed by atoms with Gasteiger partial charge in [0.05, 0.1) is 18.6 Å². The third-order valence-electron chi connectivity index (χ3n) is 4.25. The number of anilines is 1. The number of nitrogens with zero attached hydrogens (tertiary/aromatic N) is 2.